The van der Waals surface area contributed by atoms with Crippen molar-refractivity contribution in [1.29, 1.82) is 0 Å². The molecule has 3 heterocycles. The molecule has 1 aromatic carbocycles. The first-order valence-electron chi connectivity index (χ1n) is 12.0. The minimum atomic E-state index is -0.917. The first-order chi connectivity index (χ1) is 16.0. The maximum atomic E-state index is 13.4. The second-order valence-corrected chi connectivity index (χ2v) is 11.4. The average molecular weight is 494 g/mol. The second kappa shape index (κ2) is 9.55. The van der Waals surface area contributed by atoms with Gasteiger partial charge in [0, 0.05) is 31.2 Å². The Balaban J connectivity index is 1.56. The zero-order valence-corrected chi connectivity index (χ0v) is 21.4. The maximum Gasteiger partial charge on any atom is 0.407 e. The molecule has 9 heteroatoms. The van der Waals surface area contributed by atoms with Gasteiger partial charge in [0.2, 0.25) is 0 Å². The fraction of sp³-hybridized carbons (Fsp3) is 0.680. The quantitative estimate of drug-likeness (QED) is 0.691. The minimum Gasteiger partial charge on any atom is -0.465 e. The molecule has 8 nitrogen and oxygen atoms in total. The monoisotopic (exact) mass is 493 g/mol. The SMILES string of the molecule is CC1(C)CN(C(=O)N2CCc3cc(Cl)cc(CC(C)(C)[C@@H]4COCCN4C(=O)O)c3C2)CCO1. The number of nitrogens with zero attached hydrogens (tertiary/aromatic N) is 3. The van der Waals surface area contributed by atoms with Crippen molar-refractivity contribution < 1.29 is 24.2 Å². The second-order valence-electron chi connectivity index (χ2n) is 10.9. The molecule has 0 radical (unpaired) electrons. The number of fused-ring (bicyclic) bond motifs is 1. The lowest BCUT2D eigenvalue weighted by atomic mass is 9.76. The Morgan fingerprint density at radius 2 is 1.94 bits per heavy atom. The average Bonchev–Trinajstić information content (AvgIpc) is 2.77. The van der Waals surface area contributed by atoms with E-state index in [0.29, 0.717) is 64.0 Å². The van der Waals surface area contributed by atoms with Crippen LogP contribution >= 0.6 is 11.6 Å². The molecule has 0 saturated carbocycles. The van der Waals surface area contributed by atoms with Gasteiger partial charge in [0.15, 0.2) is 0 Å². The molecule has 3 aliphatic heterocycles. The van der Waals surface area contributed by atoms with Crippen LogP contribution in [0.5, 0.6) is 0 Å². The molecule has 188 valence electrons. The zero-order chi connectivity index (χ0) is 24.7. The zero-order valence-electron chi connectivity index (χ0n) is 20.6. The maximum absolute atomic E-state index is 13.4. The van der Waals surface area contributed by atoms with Crippen molar-refractivity contribution in [1.82, 2.24) is 14.7 Å². The number of carboxylic acid groups (broad SMARTS) is 1. The van der Waals surface area contributed by atoms with Gasteiger partial charge in [-0.1, -0.05) is 25.4 Å². The molecule has 3 amide bonds. The van der Waals surface area contributed by atoms with Gasteiger partial charge in [0.05, 0.1) is 38.0 Å². The summed E-state index contributed by atoms with van der Waals surface area (Å²) in [6, 6.07) is 3.76. The number of ether oxygens (including phenoxy) is 2. The van der Waals surface area contributed by atoms with E-state index in [1.54, 1.807) is 0 Å². The van der Waals surface area contributed by atoms with Crippen LogP contribution in [0.25, 0.3) is 0 Å². The number of rotatable bonds is 3. The van der Waals surface area contributed by atoms with E-state index in [-0.39, 0.29) is 23.1 Å². The number of hydrogen-bond acceptors (Lipinski definition) is 4. The summed E-state index contributed by atoms with van der Waals surface area (Å²) in [6.45, 7) is 12.2. The van der Waals surface area contributed by atoms with Gasteiger partial charge in [-0.25, -0.2) is 9.59 Å². The highest BCUT2D eigenvalue weighted by molar-refractivity contribution is 6.30. The fourth-order valence-corrected chi connectivity index (χ4v) is 5.76. The molecule has 1 N–H and O–H groups in total. The number of amides is 3. The van der Waals surface area contributed by atoms with Crippen LogP contribution in [0.1, 0.15) is 44.4 Å². The standard InChI is InChI=1S/C25H36ClN3O5/c1-24(2,21-15-33-9-8-29(21)23(31)32)13-18-12-19(26)11-17-5-6-27(14-20(17)18)22(30)28-7-10-34-25(3,4)16-28/h11-12,21H,5-10,13-16H2,1-4H3,(H,31,32)/t21-/m0/s1. The van der Waals surface area contributed by atoms with E-state index < -0.39 is 6.09 Å². The van der Waals surface area contributed by atoms with E-state index in [1.807, 2.05) is 35.8 Å². The van der Waals surface area contributed by atoms with E-state index in [2.05, 4.69) is 13.8 Å². The molecule has 2 fully saturated rings. The first-order valence-corrected chi connectivity index (χ1v) is 12.4. The number of carbonyl (C=O) groups excluding carboxylic acids is 1. The van der Waals surface area contributed by atoms with E-state index in [9.17, 15) is 14.7 Å². The molecule has 0 unspecified atom stereocenters. The molecule has 4 rings (SSSR count). The minimum absolute atomic E-state index is 0.0416. The molecular formula is C25H36ClN3O5. The molecular weight excluding hydrogens is 458 g/mol. The van der Waals surface area contributed by atoms with Crippen LogP contribution in [0.3, 0.4) is 0 Å². The summed E-state index contributed by atoms with van der Waals surface area (Å²) in [5.41, 5.74) is 2.64. The predicted molar refractivity (Wildman–Crippen MR) is 129 cm³/mol. The lowest BCUT2D eigenvalue weighted by Gasteiger charge is -2.44. The molecule has 1 atom stereocenters. The summed E-state index contributed by atoms with van der Waals surface area (Å²) in [6.07, 6.45) is 0.469. The summed E-state index contributed by atoms with van der Waals surface area (Å²) in [5.74, 6) is 0. The van der Waals surface area contributed by atoms with Gasteiger partial charge < -0.3 is 29.3 Å². The molecule has 34 heavy (non-hydrogen) atoms. The van der Waals surface area contributed by atoms with Crippen molar-refractivity contribution in [2.75, 3.05) is 46.0 Å². The molecule has 0 aromatic heterocycles. The summed E-state index contributed by atoms with van der Waals surface area (Å²) in [5, 5.41) is 10.4. The molecule has 1 aromatic rings. The number of carbonyl (C=O) groups is 2. The Morgan fingerprint density at radius 1 is 1.18 bits per heavy atom. The van der Waals surface area contributed by atoms with E-state index in [0.717, 1.165) is 17.5 Å². The van der Waals surface area contributed by atoms with Crippen molar-refractivity contribution in [3.05, 3.63) is 33.8 Å². The molecule has 0 aliphatic carbocycles. The van der Waals surface area contributed by atoms with Gasteiger partial charge in [-0.2, -0.15) is 0 Å². The van der Waals surface area contributed by atoms with Crippen LogP contribution in [0.4, 0.5) is 9.59 Å². The van der Waals surface area contributed by atoms with Crippen molar-refractivity contribution in [3.63, 3.8) is 0 Å². The summed E-state index contributed by atoms with van der Waals surface area (Å²) in [7, 11) is 0. The van der Waals surface area contributed by atoms with Crippen LogP contribution in [-0.2, 0) is 28.9 Å². The lowest BCUT2D eigenvalue weighted by Crippen LogP contribution is -2.55. The molecule has 0 spiro atoms. The van der Waals surface area contributed by atoms with Gasteiger partial charge in [0.1, 0.15) is 0 Å². The topological polar surface area (TPSA) is 82.6 Å². The van der Waals surface area contributed by atoms with E-state index in [4.69, 9.17) is 21.1 Å². The van der Waals surface area contributed by atoms with Gasteiger partial charge in [-0.3, -0.25) is 0 Å². The fourth-order valence-electron chi connectivity index (χ4n) is 5.50. The number of morpholine rings is 2. The third kappa shape index (κ3) is 5.29. The van der Waals surface area contributed by atoms with Gasteiger partial charge in [-0.05, 0) is 60.9 Å². The van der Waals surface area contributed by atoms with Crippen molar-refractivity contribution in [2.45, 2.75) is 58.7 Å². The van der Waals surface area contributed by atoms with Crippen molar-refractivity contribution in [3.8, 4) is 0 Å². The normalized spacial score (nSPS) is 23.0. The lowest BCUT2D eigenvalue weighted by molar-refractivity contribution is -0.0767. The highest BCUT2D eigenvalue weighted by Crippen LogP contribution is 2.36. The Morgan fingerprint density at radius 3 is 2.65 bits per heavy atom. The Kier molecular flexibility index (Phi) is 7.04. The highest BCUT2D eigenvalue weighted by atomic mass is 35.5. The van der Waals surface area contributed by atoms with Crippen LogP contribution < -0.4 is 0 Å². The van der Waals surface area contributed by atoms with Gasteiger partial charge in [-0.15, -0.1) is 0 Å². The third-order valence-electron chi connectivity index (χ3n) is 7.29. The van der Waals surface area contributed by atoms with Gasteiger partial charge in [0.25, 0.3) is 0 Å². The smallest absolute Gasteiger partial charge is 0.407 e. The largest absolute Gasteiger partial charge is 0.465 e. The van der Waals surface area contributed by atoms with Crippen LogP contribution in [0.2, 0.25) is 5.02 Å². The Labute approximate surface area is 206 Å². The summed E-state index contributed by atoms with van der Waals surface area (Å²) < 4.78 is 11.4. The Bertz CT molecular complexity index is 951. The number of benzene rings is 1. The van der Waals surface area contributed by atoms with Crippen molar-refractivity contribution >= 4 is 23.7 Å². The molecule has 2 saturated heterocycles. The van der Waals surface area contributed by atoms with Crippen LogP contribution in [0, 0.1) is 5.41 Å². The molecule has 0 bridgehead atoms. The van der Waals surface area contributed by atoms with Gasteiger partial charge >= 0.3 is 12.1 Å². The first kappa shape index (κ1) is 25.1. The van der Waals surface area contributed by atoms with Crippen molar-refractivity contribution in [2.24, 2.45) is 5.41 Å². The van der Waals surface area contributed by atoms with Crippen LogP contribution in [-0.4, -0.2) is 89.6 Å². The Hall–Kier alpha value is -2.03. The van der Waals surface area contributed by atoms with E-state index >= 15 is 0 Å². The van der Waals surface area contributed by atoms with E-state index in [1.165, 1.54) is 10.5 Å². The third-order valence-corrected chi connectivity index (χ3v) is 7.51. The predicted octanol–water partition coefficient (Wildman–Crippen LogP) is 3.88. The number of halogens is 1. The number of hydrogen-bond donors (Lipinski definition) is 1. The highest BCUT2D eigenvalue weighted by Gasteiger charge is 2.40. The number of urea groups is 1. The molecule has 3 aliphatic rings. The summed E-state index contributed by atoms with van der Waals surface area (Å²) >= 11 is 6.50. The van der Waals surface area contributed by atoms with Crippen LogP contribution in [0.15, 0.2) is 12.1 Å². The summed E-state index contributed by atoms with van der Waals surface area (Å²) in [4.78, 5) is 30.5.